The molecule has 5 unspecified atom stereocenters. The smallest absolute Gasteiger partial charge is 0.307 e. The monoisotopic (exact) mass is 513 g/mol. The number of ether oxygens (including phenoxy) is 1. The summed E-state index contributed by atoms with van der Waals surface area (Å²) in [4.78, 5) is 28.0. The van der Waals surface area contributed by atoms with E-state index < -0.39 is 53.6 Å². The van der Waals surface area contributed by atoms with Crippen molar-refractivity contribution in [2.24, 2.45) is 11.8 Å². The third-order valence-corrected chi connectivity index (χ3v) is 6.66. The summed E-state index contributed by atoms with van der Waals surface area (Å²) < 4.78 is 19.8. The molecule has 11 nitrogen and oxygen atoms in total. The number of carbonyl (C=O) groups is 2. The number of hydrogen-bond donors (Lipinski definition) is 6. The molecule has 0 spiro atoms. The molecule has 0 radical (unpaired) electrons. The maximum Gasteiger partial charge on any atom is 0.307 e. The summed E-state index contributed by atoms with van der Waals surface area (Å²) in [6, 6.07) is 2.52. The molecular formula is C24H36FN3O8. The van der Waals surface area contributed by atoms with Crippen LogP contribution in [0.25, 0.3) is 0 Å². The molecular weight excluding hydrogens is 477 g/mol. The molecule has 1 aromatic rings. The Morgan fingerprint density at radius 1 is 1.11 bits per heavy atom. The van der Waals surface area contributed by atoms with Crippen LogP contribution >= 0.6 is 0 Å². The minimum absolute atomic E-state index is 0.0872. The van der Waals surface area contributed by atoms with Crippen molar-refractivity contribution in [2.75, 3.05) is 44.2 Å². The van der Waals surface area contributed by atoms with Gasteiger partial charge in [-0.15, -0.1) is 0 Å². The number of halogens is 1. The number of β-amino-alcohol motifs (C(OH)–C–C–N with tert-alkyl or cyclic N) is 1. The molecule has 36 heavy (non-hydrogen) atoms. The van der Waals surface area contributed by atoms with Crippen molar-refractivity contribution in [1.82, 2.24) is 10.2 Å². The fourth-order valence-electron chi connectivity index (χ4n) is 4.74. The molecule has 12 heteroatoms. The number of hydrogen-bond acceptors (Lipinski definition) is 9. The number of amides is 1. The Kier molecular flexibility index (Phi) is 9.34. The standard InChI is InChI=1S/C24H36FN3O8/c1-13(2)36-22-10-19(30)17(25)9-18(22)28-5-3-27(4-6-28)12-14(29)11-26-23(33)15-7-20(31)21(32)8-16(15)24(34)35/h9-10,13-16,20-21,29-32H,3-8,11-12H2,1-2H3,(H,26,33)(H,34,35). The number of rotatable bonds is 9. The number of aromatic hydroxyl groups is 1. The van der Waals surface area contributed by atoms with E-state index in [4.69, 9.17) is 4.74 Å². The third kappa shape index (κ3) is 6.96. The molecule has 202 valence electrons. The van der Waals surface area contributed by atoms with E-state index >= 15 is 0 Å². The van der Waals surface area contributed by atoms with E-state index in [0.29, 0.717) is 37.6 Å². The number of nitrogens with one attached hydrogen (secondary N) is 1. The molecule has 5 atom stereocenters. The Labute approximate surface area is 209 Å². The van der Waals surface area contributed by atoms with Crippen molar-refractivity contribution in [3.63, 3.8) is 0 Å². The van der Waals surface area contributed by atoms with Crippen LogP contribution < -0.4 is 15.0 Å². The summed E-state index contributed by atoms with van der Waals surface area (Å²) in [5, 5.41) is 51.7. The minimum Gasteiger partial charge on any atom is -0.505 e. The highest BCUT2D eigenvalue weighted by Gasteiger charge is 2.43. The molecule has 2 aliphatic rings. The summed E-state index contributed by atoms with van der Waals surface area (Å²) in [5.41, 5.74) is 0.541. The Morgan fingerprint density at radius 3 is 2.31 bits per heavy atom. The number of aliphatic hydroxyl groups is 3. The summed E-state index contributed by atoms with van der Waals surface area (Å²) >= 11 is 0. The Morgan fingerprint density at radius 2 is 1.72 bits per heavy atom. The van der Waals surface area contributed by atoms with Crippen LogP contribution in [0.1, 0.15) is 26.7 Å². The van der Waals surface area contributed by atoms with Gasteiger partial charge < -0.3 is 40.5 Å². The Balaban J connectivity index is 1.50. The fraction of sp³-hybridized carbons (Fsp3) is 0.667. The van der Waals surface area contributed by atoms with Crippen LogP contribution in [0.3, 0.4) is 0 Å². The van der Waals surface area contributed by atoms with Gasteiger partial charge in [0.1, 0.15) is 5.75 Å². The lowest BCUT2D eigenvalue weighted by molar-refractivity contribution is -0.155. The van der Waals surface area contributed by atoms with Gasteiger partial charge in [0, 0.05) is 51.4 Å². The Hall–Kier alpha value is -2.67. The molecule has 1 heterocycles. The van der Waals surface area contributed by atoms with Crippen LogP contribution in [0.4, 0.5) is 10.1 Å². The summed E-state index contributed by atoms with van der Waals surface area (Å²) in [6.45, 7) is 6.02. The maximum atomic E-state index is 14.0. The quantitative estimate of drug-likeness (QED) is 0.260. The number of carboxylic acid groups (broad SMARTS) is 1. The molecule has 3 rings (SSSR count). The van der Waals surface area contributed by atoms with Crippen molar-refractivity contribution in [3.05, 3.63) is 17.9 Å². The highest BCUT2D eigenvalue weighted by atomic mass is 19.1. The number of benzene rings is 1. The summed E-state index contributed by atoms with van der Waals surface area (Å²) in [5.74, 6) is -4.72. The van der Waals surface area contributed by atoms with Gasteiger partial charge in [-0.3, -0.25) is 14.5 Å². The minimum atomic E-state index is -1.21. The highest BCUT2D eigenvalue weighted by molar-refractivity contribution is 5.85. The number of piperazine rings is 1. The van der Waals surface area contributed by atoms with Gasteiger partial charge in [-0.2, -0.15) is 0 Å². The molecule has 1 aromatic carbocycles. The van der Waals surface area contributed by atoms with E-state index in [1.165, 1.54) is 12.1 Å². The average Bonchev–Trinajstić information content (AvgIpc) is 2.81. The molecule has 6 N–H and O–H groups in total. The molecule has 1 amide bonds. The van der Waals surface area contributed by atoms with Gasteiger partial charge in [0.05, 0.1) is 41.9 Å². The van der Waals surface area contributed by atoms with Gasteiger partial charge in [-0.1, -0.05) is 0 Å². The van der Waals surface area contributed by atoms with E-state index in [1.807, 2.05) is 23.6 Å². The number of nitrogens with zero attached hydrogens (tertiary/aromatic N) is 2. The number of carboxylic acids is 1. The van der Waals surface area contributed by atoms with E-state index in [1.54, 1.807) is 0 Å². The first-order valence-corrected chi connectivity index (χ1v) is 12.2. The lowest BCUT2D eigenvalue weighted by atomic mass is 9.76. The molecule has 1 aliphatic heterocycles. The normalized spacial score (nSPS) is 26.0. The van der Waals surface area contributed by atoms with Gasteiger partial charge in [0.25, 0.3) is 0 Å². The summed E-state index contributed by atoms with van der Waals surface area (Å²) in [6.07, 6.45) is -3.81. The van der Waals surface area contributed by atoms with Crippen molar-refractivity contribution in [3.8, 4) is 11.5 Å². The topological polar surface area (TPSA) is 163 Å². The number of phenols is 1. The first-order chi connectivity index (χ1) is 17.0. The van der Waals surface area contributed by atoms with Gasteiger partial charge in [-0.25, -0.2) is 4.39 Å². The lowest BCUT2D eigenvalue weighted by Crippen LogP contribution is -2.51. The zero-order valence-corrected chi connectivity index (χ0v) is 20.5. The van der Waals surface area contributed by atoms with E-state index in [2.05, 4.69) is 5.32 Å². The van der Waals surface area contributed by atoms with Crippen LogP contribution in [-0.2, 0) is 9.59 Å². The number of phenolic OH excluding ortho intramolecular Hbond substituents is 1. The lowest BCUT2D eigenvalue weighted by Gasteiger charge is -2.37. The Bertz CT molecular complexity index is 925. The van der Waals surface area contributed by atoms with Crippen molar-refractivity contribution in [1.29, 1.82) is 0 Å². The van der Waals surface area contributed by atoms with E-state index in [0.717, 1.165) is 0 Å². The molecule has 1 aliphatic carbocycles. The first kappa shape index (κ1) is 27.9. The molecule has 1 saturated heterocycles. The maximum absolute atomic E-state index is 14.0. The van der Waals surface area contributed by atoms with Crippen LogP contribution in [0.5, 0.6) is 11.5 Å². The molecule has 1 saturated carbocycles. The van der Waals surface area contributed by atoms with Gasteiger partial charge >= 0.3 is 5.97 Å². The molecule has 2 fully saturated rings. The third-order valence-electron chi connectivity index (χ3n) is 6.66. The van der Waals surface area contributed by atoms with Crippen molar-refractivity contribution in [2.45, 2.75) is 51.1 Å². The number of carbonyl (C=O) groups excluding carboxylic acids is 1. The van der Waals surface area contributed by atoms with Gasteiger partial charge in [-0.05, 0) is 26.7 Å². The van der Waals surface area contributed by atoms with E-state index in [-0.39, 0.29) is 32.0 Å². The van der Waals surface area contributed by atoms with Crippen molar-refractivity contribution < 1.29 is 44.2 Å². The second kappa shape index (κ2) is 12.0. The molecule has 0 aromatic heterocycles. The number of aliphatic hydroxyl groups excluding tert-OH is 3. The van der Waals surface area contributed by atoms with Crippen LogP contribution in [-0.4, -0.2) is 106 Å². The molecule has 0 bridgehead atoms. The fourth-order valence-corrected chi connectivity index (χ4v) is 4.74. The summed E-state index contributed by atoms with van der Waals surface area (Å²) in [7, 11) is 0. The SMILES string of the molecule is CC(C)Oc1cc(O)c(F)cc1N1CCN(CC(O)CNC(=O)C2CC(O)C(O)CC2C(=O)O)CC1. The zero-order valence-electron chi connectivity index (χ0n) is 20.5. The predicted molar refractivity (Wildman–Crippen MR) is 127 cm³/mol. The van der Waals surface area contributed by atoms with Crippen LogP contribution in [0.2, 0.25) is 0 Å². The average molecular weight is 514 g/mol. The van der Waals surface area contributed by atoms with Crippen molar-refractivity contribution >= 4 is 17.6 Å². The van der Waals surface area contributed by atoms with Crippen LogP contribution in [0.15, 0.2) is 12.1 Å². The van der Waals surface area contributed by atoms with Crippen LogP contribution in [0, 0.1) is 17.7 Å². The highest BCUT2D eigenvalue weighted by Crippen LogP contribution is 2.35. The second-order valence-corrected chi connectivity index (χ2v) is 9.78. The van der Waals surface area contributed by atoms with Gasteiger partial charge in [0.15, 0.2) is 11.6 Å². The van der Waals surface area contributed by atoms with E-state index in [9.17, 15) is 39.5 Å². The number of aliphatic carboxylic acids is 1. The predicted octanol–water partition coefficient (Wildman–Crippen LogP) is -0.250. The zero-order chi connectivity index (χ0) is 26.6. The second-order valence-electron chi connectivity index (χ2n) is 9.78. The number of anilines is 1. The first-order valence-electron chi connectivity index (χ1n) is 12.2. The largest absolute Gasteiger partial charge is 0.505 e. The van der Waals surface area contributed by atoms with Gasteiger partial charge in [0.2, 0.25) is 5.91 Å².